The van der Waals surface area contributed by atoms with Crippen molar-refractivity contribution in [2.45, 2.75) is 141 Å². The number of amides is 2. The number of nitrogens with two attached hydrogens (primary N) is 1. The highest BCUT2D eigenvalue weighted by Crippen LogP contribution is 2.56. The van der Waals surface area contributed by atoms with E-state index >= 15 is 0 Å². The zero-order valence-corrected chi connectivity index (χ0v) is 40.8. The maximum Gasteiger partial charge on any atom is 0.274 e. The molecule has 0 radical (unpaired) electrons. The molecule has 0 aliphatic carbocycles. The van der Waals surface area contributed by atoms with Gasteiger partial charge in [-0.15, -0.1) is 0 Å². The Kier molecular flexibility index (Phi) is 24.5. The Morgan fingerprint density at radius 3 is 2.23 bits per heavy atom. The van der Waals surface area contributed by atoms with Gasteiger partial charge >= 0.3 is 0 Å². The number of nitrogen functional groups attached to an aromatic ring is 1. The lowest BCUT2D eigenvalue weighted by Gasteiger charge is -2.36. The van der Waals surface area contributed by atoms with E-state index in [1.165, 1.54) is 52.4 Å². The molecule has 2 aromatic rings. The third-order valence-corrected chi connectivity index (χ3v) is 14.1. The fourth-order valence-corrected chi connectivity index (χ4v) is 9.96. The number of aliphatic hydroxyl groups is 2. The summed E-state index contributed by atoms with van der Waals surface area (Å²) in [5.74, 6) is -1.14. The van der Waals surface area contributed by atoms with Gasteiger partial charge in [-0.05, 0) is 32.1 Å². The van der Waals surface area contributed by atoms with Crippen LogP contribution in [0.5, 0.6) is 0 Å². The van der Waals surface area contributed by atoms with Gasteiger partial charge in [-0.3, -0.25) is 28.1 Å². The third-order valence-electron chi connectivity index (χ3n) is 10.1. The number of imidazole rings is 1. The van der Waals surface area contributed by atoms with Crippen LogP contribution < -0.4 is 35.9 Å². The number of carbonyl (C=O) groups excluding carboxylic acids is 3. The normalized spacial score (nSPS) is 20.3. The second-order valence-corrected chi connectivity index (χ2v) is 21.4. The molecular weight excluding hydrogens is 951 g/mol. The smallest absolute Gasteiger partial charge is 0.274 e. The standard InChI is InChI=1S/C38H66N7O17P3S/c1-4-5-6-7-8-9-10-11-12-13-14-15-16-17-18-29(47)66-22-21-40-28(46)19-20-41-36(50)33(49)38(2,3)24-59-65(56,57)62-64(54,55)58-23-27-32(61-63(51,52)53)31(48)37(60-27)45-26-44-30-34(39)42-25-43-35(30)45/h9-10,25-27,31-33,37,48-49H,4-8,11-24H2,1-3H3,(H,40,46)(H,41,50)(H,54,55)(H,56,57)(H2,39,42,43)(H2,51,52,53)/p-4/b10-9+/t27-,31-,32-,33+,37-/m1/s1. The van der Waals surface area contributed by atoms with E-state index in [1.807, 2.05) is 0 Å². The van der Waals surface area contributed by atoms with E-state index in [9.17, 15) is 57.9 Å². The van der Waals surface area contributed by atoms with Crippen LogP contribution in [0.3, 0.4) is 0 Å². The van der Waals surface area contributed by atoms with E-state index in [-0.39, 0.29) is 41.6 Å². The predicted molar refractivity (Wildman–Crippen MR) is 233 cm³/mol. The van der Waals surface area contributed by atoms with Crippen molar-refractivity contribution >= 4 is 69.1 Å². The van der Waals surface area contributed by atoms with E-state index < -0.39 is 84.6 Å². The second-order valence-electron chi connectivity index (χ2n) is 16.2. The zero-order chi connectivity index (χ0) is 49.0. The van der Waals surface area contributed by atoms with Gasteiger partial charge < -0.3 is 69.0 Å². The summed E-state index contributed by atoms with van der Waals surface area (Å²) in [6.45, 7) is 2.38. The molecule has 1 saturated heterocycles. The Balaban J connectivity index is 1.32. The SMILES string of the molecule is CCCCCC/C=C/CCCCCCCCC(=O)SCCNC(=O)CCNC(=O)[C@H](O)C(C)(C)COP(=O)([O-])OP(=O)([O-])OC[C@H]1O[C@@H](n2cnc3c(N)ncnc32)[C@H](O)[C@@H]1OP(=O)([O-])[O-]. The van der Waals surface area contributed by atoms with E-state index in [4.69, 9.17) is 10.5 Å². The molecule has 7 atom stereocenters. The quantitative estimate of drug-likeness (QED) is 0.0386. The van der Waals surface area contributed by atoms with Crippen molar-refractivity contribution in [1.29, 1.82) is 0 Å². The minimum atomic E-state index is -5.92. The lowest BCUT2D eigenvalue weighted by atomic mass is 9.87. The fraction of sp³-hybridized carbons (Fsp3) is 0.737. The van der Waals surface area contributed by atoms with Crippen LogP contribution >= 0.6 is 35.2 Å². The van der Waals surface area contributed by atoms with Crippen LogP contribution in [0.15, 0.2) is 24.8 Å². The first-order valence-corrected chi connectivity index (χ1v) is 27.0. The highest BCUT2D eigenvalue weighted by atomic mass is 32.2. The molecule has 3 heterocycles. The molecule has 6 N–H and O–H groups in total. The van der Waals surface area contributed by atoms with Gasteiger partial charge in [0.1, 0.15) is 36.3 Å². The monoisotopic (exact) mass is 1010 g/mol. The van der Waals surface area contributed by atoms with E-state index in [2.05, 4.69) is 62.5 Å². The van der Waals surface area contributed by atoms with Gasteiger partial charge in [0.15, 0.2) is 22.8 Å². The van der Waals surface area contributed by atoms with Crippen LogP contribution in [-0.4, -0.2) is 103 Å². The summed E-state index contributed by atoms with van der Waals surface area (Å²) in [5.41, 5.74) is 4.09. The number of aromatic nitrogens is 4. The number of phosphoric acid groups is 3. The summed E-state index contributed by atoms with van der Waals surface area (Å²) in [5, 5.41) is 26.5. The maximum absolute atomic E-state index is 12.6. The Morgan fingerprint density at radius 2 is 1.56 bits per heavy atom. The average molecular weight is 1010 g/mol. The van der Waals surface area contributed by atoms with Crippen molar-refractivity contribution in [2.75, 3.05) is 37.8 Å². The van der Waals surface area contributed by atoms with Crippen LogP contribution in [0.2, 0.25) is 0 Å². The molecule has 0 spiro atoms. The third kappa shape index (κ3) is 20.9. The number of hydrogen-bond donors (Lipinski definition) is 5. The molecule has 66 heavy (non-hydrogen) atoms. The first kappa shape index (κ1) is 57.6. The van der Waals surface area contributed by atoms with Crippen LogP contribution in [-0.2, 0) is 50.7 Å². The molecule has 3 rings (SSSR count). The number of nitrogens with one attached hydrogen (secondary N) is 2. The number of nitrogens with zero attached hydrogens (tertiary/aromatic N) is 4. The first-order valence-electron chi connectivity index (χ1n) is 21.7. The van der Waals surface area contributed by atoms with Gasteiger partial charge in [0, 0.05) is 37.1 Å². The minimum Gasteiger partial charge on any atom is -0.790 e. The summed E-state index contributed by atoms with van der Waals surface area (Å²) >= 11 is 1.14. The van der Waals surface area contributed by atoms with Crippen LogP contribution in [0.1, 0.15) is 117 Å². The molecule has 376 valence electrons. The largest absolute Gasteiger partial charge is 0.790 e. The highest BCUT2D eigenvalue weighted by molar-refractivity contribution is 8.13. The van der Waals surface area contributed by atoms with Crippen molar-refractivity contribution in [2.24, 2.45) is 5.41 Å². The summed E-state index contributed by atoms with van der Waals surface area (Å²) in [4.78, 5) is 96.8. The number of anilines is 1. The summed E-state index contributed by atoms with van der Waals surface area (Å²) in [6, 6.07) is 0. The number of allylic oxidation sites excluding steroid dienone is 2. The van der Waals surface area contributed by atoms with Crippen LogP contribution in [0.4, 0.5) is 5.82 Å². The number of aliphatic hydroxyl groups excluding tert-OH is 2. The molecule has 24 nitrogen and oxygen atoms in total. The molecule has 2 unspecified atom stereocenters. The van der Waals surface area contributed by atoms with Crippen molar-refractivity contribution in [3.05, 3.63) is 24.8 Å². The topological polar surface area (TPSA) is 375 Å². The van der Waals surface area contributed by atoms with E-state index in [0.717, 1.165) is 67.5 Å². The van der Waals surface area contributed by atoms with Gasteiger partial charge in [-0.1, -0.05) is 89.6 Å². The van der Waals surface area contributed by atoms with Gasteiger partial charge in [0.25, 0.3) is 15.6 Å². The van der Waals surface area contributed by atoms with Gasteiger partial charge in [0.2, 0.25) is 11.8 Å². The Labute approximate surface area is 388 Å². The number of unbranched alkanes of at least 4 members (excludes halogenated alkanes) is 10. The molecule has 28 heteroatoms. The first-order chi connectivity index (χ1) is 31.1. The molecule has 2 aromatic heterocycles. The minimum absolute atomic E-state index is 0.0189. The molecule has 1 aliphatic heterocycles. The number of ether oxygens (including phenoxy) is 1. The van der Waals surface area contributed by atoms with Crippen molar-refractivity contribution in [3.63, 3.8) is 0 Å². The molecule has 0 aromatic carbocycles. The van der Waals surface area contributed by atoms with E-state index in [0.29, 0.717) is 12.2 Å². The summed E-state index contributed by atoms with van der Waals surface area (Å²) in [7, 11) is -17.6. The van der Waals surface area contributed by atoms with E-state index in [1.54, 1.807) is 0 Å². The van der Waals surface area contributed by atoms with Gasteiger partial charge in [-0.25, -0.2) is 19.3 Å². The molecule has 2 amide bonds. The lowest BCUT2D eigenvalue weighted by Crippen LogP contribution is -2.46. The maximum atomic E-state index is 12.6. The molecule has 0 saturated carbocycles. The predicted octanol–water partition coefficient (Wildman–Crippen LogP) is 1.78. The second kappa shape index (κ2) is 28.1. The van der Waals surface area contributed by atoms with Crippen LogP contribution in [0, 0.1) is 5.41 Å². The number of hydrogen-bond acceptors (Lipinski definition) is 22. The summed E-state index contributed by atoms with van der Waals surface area (Å²) in [6.07, 6.45) is 11.3. The average Bonchev–Trinajstić information content (AvgIpc) is 3.80. The van der Waals surface area contributed by atoms with Crippen molar-refractivity contribution in [1.82, 2.24) is 30.2 Å². The van der Waals surface area contributed by atoms with Crippen molar-refractivity contribution in [3.8, 4) is 0 Å². The Bertz CT molecular complexity index is 2030. The Hall–Kier alpha value is -2.70. The van der Waals surface area contributed by atoms with Gasteiger partial charge in [0.05, 0.1) is 27.4 Å². The number of rotatable bonds is 33. The lowest BCUT2D eigenvalue weighted by molar-refractivity contribution is -0.347. The van der Waals surface area contributed by atoms with Crippen molar-refractivity contribution < 1.29 is 80.5 Å². The molecule has 1 fully saturated rings. The molecular formula is C38H62N7O17P3S-4. The zero-order valence-electron chi connectivity index (χ0n) is 37.3. The number of phosphoric ester groups is 3. The fourth-order valence-electron chi connectivity index (χ4n) is 6.51. The number of fused-ring (bicyclic) bond motifs is 1. The highest BCUT2D eigenvalue weighted by Gasteiger charge is 2.47. The van der Waals surface area contributed by atoms with Crippen LogP contribution in [0.25, 0.3) is 11.2 Å². The number of carbonyl (C=O) groups is 3. The number of thioether (sulfide) groups is 1. The molecule has 1 aliphatic rings. The van der Waals surface area contributed by atoms with Gasteiger partial charge in [-0.2, -0.15) is 0 Å². The Morgan fingerprint density at radius 1 is 0.924 bits per heavy atom. The summed E-state index contributed by atoms with van der Waals surface area (Å²) < 4.78 is 60.8. The molecule has 0 bridgehead atoms.